The maximum absolute atomic E-state index is 12.8. The first kappa shape index (κ1) is 56.2. The number of unbranched alkanes of at least 4 members (excludes halogenated alkanes) is 31. The second-order valence-corrected chi connectivity index (χ2v) is 18.1. The molecule has 342 valence electrons. The summed E-state index contributed by atoms with van der Waals surface area (Å²) in [6.07, 6.45) is 41.3. The molecule has 0 aliphatic heterocycles. The summed E-state index contributed by atoms with van der Waals surface area (Å²) in [5, 5.41) is 12.5. The van der Waals surface area contributed by atoms with Gasteiger partial charge in [-0.1, -0.05) is 220 Å². The smallest absolute Gasteiger partial charge is 0.327 e. The van der Waals surface area contributed by atoms with E-state index in [4.69, 9.17) is 9.47 Å². The number of nitrogens with one attached hydrogen (secondary N) is 1. The number of ether oxygens (including phenoxy) is 2. The van der Waals surface area contributed by atoms with Gasteiger partial charge in [0, 0.05) is 30.8 Å². The first-order chi connectivity index (χ1) is 28.3. The second-order valence-electron chi connectivity index (χ2n) is 17.0. The van der Waals surface area contributed by atoms with Crippen molar-refractivity contribution >= 4 is 35.6 Å². The lowest BCUT2D eigenvalue weighted by atomic mass is 10.0. The van der Waals surface area contributed by atoms with Gasteiger partial charge in [0.25, 0.3) is 0 Å². The zero-order valence-corrected chi connectivity index (χ0v) is 39.1. The van der Waals surface area contributed by atoms with Crippen molar-refractivity contribution in [1.29, 1.82) is 0 Å². The predicted octanol–water partition coefficient (Wildman–Crippen LogP) is 14.2. The van der Waals surface area contributed by atoms with Crippen LogP contribution in [0, 0.1) is 0 Å². The molecule has 2 N–H and O–H groups in total. The van der Waals surface area contributed by atoms with Crippen LogP contribution in [0.4, 0.5) is 0 Å². The third-order valence-corrected chi connectivity index (χ3v) is 12.4. The minimum Gasteiger partial charge on any atom is -0.480 e. The number of esters is 2. The summed E-state index contributed by atoms with van der Waals surface area (Å²) in [5.41, 5.74) is 0. The number of aliphatic carboxylic acids is 1. The fourth-order valence-electron chi connectivity index (χ4n) is 7.37. The highest BCUT2D eigenvalue weighted by Crippen LogP contribution is 2.17. The van der Waals surface area contributed by atoms with Crippen LogP contribution in [-0.4, -0.2) is 59.2 Å². The van der Waals surface area contributed by atoms with Crippen LogP contribution in [-0.2, 0) is 28.7 Å². The van der Waals surface area contributed by atoms with Crippen LogP contribution in [0.2, 0.25) is 0 Å². The lowest BCUT2D eigenvalue weighted by molar-refractivity contribution is -0.157. The second kappa shape index (κ2) is 44.8. The van der Waals surface area contributed by atoms with Crippen molar-refractivity contribution in [1.82, 2.24) is 5.32 Å². The van der Waals surface area contributed by atoms with Crippen molar-refractivity contribution in [3.8, 4) is 0 Å². The van der Waals surface area contributed by atoms with Crippen molar-refractivity contribution in [2.75, 3.05) is 18.1 Å². The number of carboxylic acids is 1. The molecule has 58 heavy (non-hydrogen) atoms. The summed E-state index contributed by atoms with van der Waals surface area (Å²) >= 11 is 1.30. The van der Waals surface area contributed by atoms with E-state index in [0.717, 1.165) is 57.8 Å². The molecule has 0 fully saturated rings. The fourth-order valence-corrected chi connectivity index (χ4v) is 8.40. The van der Waals surface area contributed by atoms with Gasteiger partial charge in [-0.3, -0.25) is 14.4 Å². The monoisotopic (exact) mass is 840 g/mol. The Hall–Kier alpha value is -1.77. The van der Waals surface area contributed by atoms with Gasteiger partial charge in [0.05, 0.1) is 0 Å². The molecule has 1 amide bonds. The van der Waals surface area contributed by atoms with Gasteiger partial charge < -0.3 is 19.9 Å². The number of hydrogen-bond acceptors (Lipinski definition) is 7. The van der Waals surface area contributed by atoms with Crippen LogP contribution in [0.5, 0.6) is 0 Å². The topological polar surface area (TPSA) is 119 Å². The molecular formula is C49H93NO7S. The Kier molecular flexibility index (Phi) is 43.4. The quantitative estimate of drug-likeness (QED) is 0.0459. The molecule has 0 radical (unpaired) electrons. The fraction of sp³-hybridized carbons (Fsp3) is 0.918. The van der Waals surface area contributed by atoms with Gasteiger partial charge in [0.15, 0.2) is 0 Å². The minimum absolute atomic E-state index is 0.0449. The molecule has 0 aliphatic carbocycles. The zero-order chi connectivity index (χ0) is 42.6. The van der Waals surface area contributed by atoms with Gasteiger partial charge in [-0.25, -0.2) is 4.79 Å². The lowest BCUT2D eigenvalue weighted by Crippen LogP contribution is -2.42. The molecule has 0 heterocycles. The van der Waals surface area contributed by atoms with Crippen LogP contribution in [0.25, 0.3) is 0 Å². The van der Waals surface area contributed by atoms with Crippen LogP contribution in [0.15, 0.2) is 0 Å². The molecule has 0 bridgehead atoms. The summed E-state index contributed by atoms with van der Waals surface area (Å²) < 4.78 is 11.3. The molecule has 0 saturated carbocycles. The Morgan fingerprint density at radius 2 is 0.776 bits per heavy atom. The van der Waals surface area contributed by atoms with Crippen molar-refractivity contribution in [3.05, 3.63) is 0 Å². The highest BCUT2D eigenvalue weighted by Gasteiger charge is 2.23. The maximum Gasteiger partial charge on any atom is 0.327 e. The van der Waals surface area contributed by atoms with Gasteiger partial charge in [0.2, 0.25) is 5.91 Å². The summed E-state index contributed by atoms with van der Waals surface area (Å²) in [6.45, 7) is 6.68. The SMILES string of the molecule is CCCCCCCCCCCCCCCC(=O)NC(CSCC(COC(=O)CCCCCCCCCCCC)OC(=O)CCCCCCCCCCCCC)C(=O)O. The van der Waals surface area contributed by atoms with Gasteiger partial charge in [-0.05, 0) is 19.3 Å². The number of carbonyl (C=O) groups excluding carboxylic acids is 3. The van der Waals surface area contributed by atoms with Gasteiger partial charge >= 0.3 is 17.9 Å². The largest absolute Gasteiger partial charge is 0.480 e. The first-order valence-electron chi connectivity index (χ1n) is 24.8. The van der Waals surface area contributed by atoms with Crippen molar-refractivity contribution in [2.45, 2.75) is 270 Å². The average Bonchev–Trinajstić information content (AvgIpc) is 3.20. The van der Waals surface area contributed by atoms with Crippen LogP contribution in [0.3, 0.4) is 0 Å². The number of carbonyl (C=O) groups is 4. The molecule has 0 aromatic rings. The van der Waals surface area contributed by atoms with Crippen molar-refractivity contribution in [3.63, 3.8) is 0 Å². The minimum atomic E-state index is -1.08. The van der Waals surface area contributed by atoms with E-state index >= 15 is 0 Å². The maximum atomic E-state index is 12.8. The number of rotatable bonds is 46. The summed E-state index contributed by atoms with van der Waals surface area (Å²) in [5.74, 6) is -1.51. The van der Waals surface area contributed by atoms with E-state index in [-0.39, 0.29) is 36.0 Å². The number of thioether (sulfide) groups is 1. The molecule has 0 spiro atoms. The Labute approximate surface area is 362 Å². The molecular weight excluding hydrogens is 747 g/mol. The molecule has 2 unspecified atom stereocenters. The molecule has 0 saturated heterocycles. The van der Waals surface area contributed by atoms with Crippen LogP contribution >= 0.6 is 11.8 Å². The Balaban J connectivity index is 4.59. The first-order valence-corrected chi connectivity index (χ1v) is 25.9. The Morgan fingerprint density at radius 1 is 0.448 bits per heavy atom. The molecule has 0 rings (SSSR count). The predicted molar refractivity (Wildman–Crippen MR) is 246 cm³/mol. The van der Waals surface area contributed by atoms with E-state index in [2.05, 4.69) is 26.1 Å². The summed E-state index contributed by atoms with van der Waals surface area (Å²) in [7, 11) is 0. The van der Waals surface area contributed by atoms with Gasteiger partial charge in [-0.2, -0.15) is 11.8 Å². The molecule has 2 atom stereocenters. The molecule has 0 aliphatic rings. The number of amides is 1. The van der Waals surface area contributed by atoms with Gasteiger partial charge in [0.1, 0.15) is 18.8 Å². The molecule has 0 aromatic heterocycles. The lowest BCUT2D eigenvalue weighted by Gasteiger charge is -2.19. The third-order valence-electron chi connectivity index (χ3n) is 11.2. The number of hydrogen-bond donors (Lipinski definition) is 2. The average molecular weight is 840 g/mol. The van der Waals surface area contributed by atoms with E-state index in [1.54, 1.807) is 0 Å². The van der Waals surface area contributed by atoms with Crippen molar-refractivity contribution in [2.24, 2.45) is 0 Å². The van der Waals surface area contributed by atoms with E-state index in [1.165, 1.54) is 172 Å². The molecule has 8 nitrogen and oxygen atoms in total. The van der Waals surface area contributed by atoms with Gasteiger partial charge in [-0.15, -0.1) is 0 Å². The Bertz CT molecular complexity index is 948. The standard InChI is InChI=1S/C49H93NO7S/c1-4-7-10-13-16-19-22-23-25-26-29-32-35-38-46(51)50-45(49(54)55)43-58-42-44(41-56-47(52)39-36-33-30-27-21-18-15-12-9-6-3)57-48(53)40-37-34-31-28-24-20-17-14-11-8-5-2/h44-45H,4-43H2,1-3H3,(H,50,51)(H,54,55). The molecule has 0 aromatic carbocycles. The normalized spacial score (nSPS) is 12.3. The van der Waals surface area contributed by atoms with E-state index < -0.39 is 18.1 Å². The van der Waals surface area contributed by atoms with Crippen LogP contribution < -0.4 is 5.32 Å². The molecule has 9 heteroatoms. The Morgan fingerprint density at radius 3 is 1.14 bits per heavy atom. The highest BCUT2D eigenvalue weighted by atomic mass is 32.2. The van der Waals surface area contributed by atoms with E-state index in [1.807, 2.05) is 0 Å². The number of carboxylic acid groups (broad SMARTS) is 1. The zero-order valence-electron chi connectivity index (χ0n) is 38.2. The third kappa shape index (κ3) is 41.0. The summed E-state index contributed by atoms with van der Waals surface area (Å²) in [6, 6.07) is -1.04. The van der Waals surface area contributed by atoms with E-state index in [9.17, 15) is 24.3 Å². The van der Waals surface area contributed by atoms with Crippen molar-refractivity contribution < 1.29 is 33.8 Å². The highest BCUT2D eigenvalue weighted by molar-refractivity contribution is 7.99. The van der Waals surface area contributed by atoms with E-state index in [0.29, 0.717) is 19.3 Å². The van der Waals surface area contributed by atoms with Crippen LogP contribution in [0.1, 0.15) is 258 Å². The summed E-state index contributed by atoms with van der Waals surface area (Å²) in [4.78, 5) is 50.1.